The predicted molar refractivity (Wildman–Crippen MR) is 104 cm³/mol. The molecule has 27 heavy (non-hydrogen) atoms. The fraction of sp³-hybridized carbons (Fsp3) is 0.211. The summed E-state index contributed by atoms with van der Waals surface area (Å²) in [4.78, 5) is 0. The molecule has 0 spiro atoms. The van der Waals surface area contributed by atoms with E-state index in [1.165, 1.54) is 5.56 Å². The molecule has 0 radical (unpaired) electrons. The van der Waals surface area contributed by atoms with E-state index >= 15 is 0 Å². The zero-order chi connectivity index (χ0) is 18.2. The average Bonchev–Trinajstić information content (AvgIpc) is 3.33. The lowest BCUT2D eigenvalue weighted by Gasteiger charge is -2.14. The first kappa shape index (κ1) is 16.6. The number of hydrogen-bond acceptors (Lipinski definition) is 6. The van der Waals surface area contributed by atoms with Crippen LogP contribution in [0.4, 0.5) is 0 Å². The Morgan fingerprint density at radius 2 is 1.85 bits per heavy atom. The molecule has 0 amide bonds. The number of halogens is 1. The molecule has 2 aliphatic heterocycles. The summed E-state index contributed by atoms with van der Waals surface area (Å²) in [5.74, 6) is 3.21. The van der Waals surface area contributed by atoms with Crippen molar-refractivity contribution in [3.8, 4) is 11.5 Å². The van der Waals surface area contributed by atoms with Crippen molar-refractivity contribution in [1.82, 2.24) is 14.9 Å². The second kappa shape index (κ2) is 6.90. The fourth-order valence-electron chi connectivity index (χ4n) is 3.06. The first-order valence-corrected chi connectivity index (χ1v) is 9.92. The largest absolute Gasteiger partial charge is 0.454 e. The second-order valence-corrected chi connectivity index (χ2v) is 7.62. The van der Waals surface area contributed by atoms with Gasteiger partial charge in [-0.3, -0.25) is 0 Å². The summed E-state index contributed by atoms with van der Waals surface area (Å²) in [6.07, 6.45) is 1.57. The van der Waals surface area contributed by atoms with Crippen molar-refractivity contribution in [1.29, 1.82) is 0 Å². The minimum absolute atomic E-state index is 0.288. The van der Waals surface area contributed by atoms with E-state index in [4.69, 9.17) is 26.2 Å². The highest BCUT2D eigenvalue weighted by atomic mass is 35.5. The van der Waals surface area contributed by atoms with E-state index in [9.17, 15) is 0 Å². The molecule has 0 bridgehead atoms. The predicted octanol–water partition coefficient (Wildman–Crippen LogP) is 3.80. The molecule has 0 N–H and O–H groups in total. The minimum Gasteiger partial charge on any atom is -0.454 e. The molecule has 2 aromatic carbocycles. The summed E-state index contributed by atoms with van der Waals surface area (Å²) in [6, 6.07) is 13.8. The number of rotatable bonds is 4. The van der Waals surface area contributed by atoms with Crippen molar-refractivity contribution in [2.75, 3.05) is 12.5 Å². The van der Waals surface area contributed by atoms with Gasteiger partial charge in [-0.25, -0.2) is 0 Å². The van der Waals surface area contributed by atoms with Crippen LogP contribution >= 0.6 is 23.4 Å². The van der Waals surface area contributed by atoms with Crippen molar-refractivity contribution in [3.63, 3.8) is 0 Å². The number of fused-ring (bicyclic) bond motifs is 2. The van der Waals surface area contributed by atoms with Gasteiger partial charge in [-0.1, -0.05) is 41.6 Å². The van der Waals surface area contributed by atoms with Gasteiger partial charge in [0.15, 0.2) is 17.3 Å². The minimum atomic E-state index is 0.288. The molecule has 1 aromatic heterocycles. The molecule has 0 saturated heterocycles. The number of aryl methyl sites for hydroxylation is 2. The Bertz CT molecular complexity index is 1030. The van der Waals surface area contributed by atoms with Crippen LogP contribution in [0, 0.1) is 0 Å². The number of nitrogens with zero attached hydrogens (tertiary/aromatic N) is 4. The molecule has 3 aromatic rings. The molecule has 6 nitrogen and oxygen atoms in total. The van der Waals surface area contributed by atoms with Crippen LogP contribution in [-0.2, 0) is 12.8 Å². The van der Waals surface area contributed by atoms with Gasteiger partial charge in [0, 0.05) is 17.2 Å². The standard InChI is InChI=1S/C19H15ClN4O2S/c20-14-5-3-13(4-6-14)15-10-27-19-22-21-18(24(19)23-15)8-2-12-1-7-16-17(9-12)26-11-25-16/h1,3-7,9H,2,8,10-11H2. The van der Waals surface area contributed by atoms with Gasteiger partial charge in [-0.05, 0) is 41.8 Å². The molecule has 0 atom stereocenters. The highest BCUT2D eigenvalue weighted by molar-refractivity contribution is 7.99. The van der Waals surface area contributed by atoms with Crippen LogP contribution in [0.15, 0.2) is 52.7 Å². The monoisotopic (exact) mass is 398 g/mol. The Morgan fingerprint density at radius 3 is 2.74 bits per heavy atom. The normalized spacial score (nSPS) is 14.8. The molecule has 0 unspecified atom stereocenters. The summed E-state index contributed by atoms with van der Waals surface area (Å²) in [6.45, 7) is 0.288. The van der Waals surface area contributed by atoms with E-state index in [1.54, 1.807) is 11.8 Å². The summed E-state index contributed by atoms with van der Waals surface area (Å²) < 4.78 is 12.7. The van der Waals surface area contributed by atoms with Crippen molar-refractivity contribution < 1.29 is 9.47 Å². The Labute approximate surface area is 165 Å². The van der Waals surface area contributed by atoms with E-state index in [1.807, 2.05) is 41.1 Å². The second-order valence-electron chi connectivity index (χ2n) is 6.24. The lowest BCUT2D eigenvalue weighted by atomic mass is 10.1. The third-order valence-electron chi connectivity index (χ3n) is 4.49. The van der Waals surface area contributed by atoms with E-state index in [0.717, 1.165) is 57.4 Å². The van der Waals surface area contributed by atoms with Gasteiger partial charge in [0.1, 0.15) is 0 Å². The SMILES string of the molecule is Clc1ccc(C2=Nn3c(CCc4ccc5c(c4)OCO5)nnc3SC2)cc1. The van der Waals surface area contributed by atoms with Gasteiger partial charge in [0.2, 0.25) is 11.9 Å². The third kappa shape index (κ3) is 3.28. The smallest absolute Gasteiger partial charge is 0.231 e. The zero-order valence-electron chi connectivity index (χ0n) is 14.3. The lowest BCUT2D eigenvalue weighted by molar-refractivity contribution is 0.174. The number of ether oxygens (including phenoxy) is 2. The van der Waals surface area contributed by atoms with Crippen LogP contribution in [0.3, 0.4) is 0 Å². The first-order valence-electron chi connectivity index (χ1n) is 8.56. The molecular formula is C19H15ClN4O2S. The van der Waals surface area contributed by atoms with Crippen molar-refractivity contribution in [2.24, 2.45) is 5.10 Å². The molecule has 3 heterocycles. The maximum Gasteiger partial charge on any atom is 0.231 e. The molecule has 2 aliphatic rings. The average molecular weight is 399 g/mol. The van der Waals surface area contributed by atoms with E-state index < -0.39 is 0 Å². The third-order valence-corrected chi connectivity index (χ3v) is 5.67. The zero-order valence-corrected chi connectivity index (χ0v) is 15.8. The van der Waals surface area contributed by atoms with Crippen LogP contribution in [0.5, 0.6) is 11.5 Å². The maximum atomic E-state index is 5.99. The quantitative estimate of drug-likeness (QED) is 0.668. The van der Waals surface area contributed by atoms with Gasteiger partial charge in [0.05, 0.1) is 5.71 Å². The van der Waals surface area contributed by atoms with Crippen LogP contribution in [0.2, 0.25) is 5.02 Å². The van der Waals surface area contributed by atoms with Crippen molar-refractivity contribution >= 4 is 29.1 Å². The van der Waals surface area contributed by atoms with Crippen LogP contribution in [-0.4, -0.2) is 33.1 Å². The fourth-order valence-corrected chi connectivity index (χ4v) is 4.04. The molecule has 0 fully saturated rings. The van der Waals surface area contributed by atoms with Crippen LogP contribution in [0.1, 0.15) is 17.0 Å². The molecule has 0 saturated carbocycles. The van der Waals surface area contributed by atoms with Gasteiger partial charge < -0.3 is 9.47 Å². The van der Waals surface area contributed by atoms with E-state index in [2.05, 4.69) is 16.3 Å². The number of benzene rings is 2. The van der Waals surface area contributed by atoms with Gasteiger partial charge in [-0.15, -0.1) is 10.2 Å². The van der Waals surface area contributed by atoms with Gasteiger partial charge in [0.25, 0.3) is 0 Å². The topological polar surface area (TPSA) is 61.5 Å². The van der Waals surface area contributed by atoms with E-state index in [0.29, 0.717) is 0 Å². The Morgan fingerprint density at radius 1 is 1.00 bits per heavy atom. The summed E-state index contributed by atoms with van der Waals surface area (Å²) in [5.41, 5.74) is 3.23. The first-order chi connectivity index (χ1) is 13.3. The number of hydrogen-bond donors (Lipinski definition) is 0. The molecule has 136 valence electrons. The Hall–Kier alpha value is -2.51. The number of aromatic nitrogens is 3. The van der Waals surface area contributed by atoms with Crippen molar-refractivity contribution in [3.05, 3.63) is 64.4 Å². The number of thioether (sulfide) groups is 1. The molecule has 5 rings (SSSR count). The highest BCUT2D eigenvalue weighted by Crippen LogP contribution is 2.33. The summed E-state index contributed by atoms with van der Waals surface area (Å²) in [7, 11) is 0. The molecule has 0 aliphatic carbocycles. The van der Waals surface area contributed by atoms with Gasteiger partial charge in [-0.2, -0.15) is 9.78 Å². The molecule has 8 heteroatoms. The lowest BCUT2D eigenvalue weighted by Crippen LogP contribution is -2.14. The Balaban J connectivity index is 1.37. The van der Waals surface area contributed by atoms with Crippen LogP contribution < -0.4 is 9.47 Å². The summed E-state index contributed by atoms with van der Waals surface area (Å²) in [5, 5.41) is 14.9. The van der Waals surface area contributed by atoms with Crippen molar-refractivity contribution in [2.45, 2.75) is 18.0 Å². The van der Waals surface area contributed by atoms with Crippen LogP contribution in [0.25, 0.3) is 0 Å². The maximum absolute atomic E-state index is 5.99. The Kier molecular flexibility index (Phi) is 4.26. The highest BCUT2D eigenvalue weighted by Gasteiger charge is 2.20. The van der Waals surface area contributed by atoms with E-state index in [-0.39, 0.29) is 6.79 Å². The summed E-state index contributed by atoms with van der Waals surface area (Å²) >= 11 is 7.63. The molecular weight excluding hydrogens is 384 g/mol. The van der Waals surface area contributed by atoms with Gasteiger partial charge >= 0.3 is 0 Å².